The van der Waals surface area contributed by atoms with E-state index in [9.17, 15) is 4.79 Å². The lowest BCUT2D eigenvalue weighted by atomic mass is 10.2. The van der Waals surface area contributed by atoms with Gasteiger partial charge in [0.2, 0.25) is 11.1 Å². The molecule has 6 nitrogen and oxygen atoms in total. The summed E-state index contributed by atoms with van der Waals surface area (Å²) in [5.74, 6) is 7.57. The minimum atomic E-state index is 0.00217. The number of nitrogen functional groups attached to an aromatic ring is 1. The predicted molar refractivity (Wildman–Crippen MR) is 89.8 cm³/mol. The molecule has 3 N–H and O–H groups in total. The summed E-state index contributed by atoms with van der Waals surface area (Å²) in [5.41, 5.74) is 0.863. The van der Waals surface area contributed by atoms with Crippen molar-refractivity contribution in [2.75, 3.05) is 18.1 Å². The van der Waals surface area contributed by atoms with Gasteiger partial charge in [-0.1, -0.05) is 39.8 Å². The molecular weight excluding hydrogens is 366 g/mol. The van der Waals surface area contributed by atoms with Crippen LogP contribution in [0.1, 0.15) is 12.8 Å². The fourth-order valence-corrected chi connectivity index (χ4v) is 3.11. The maximum Gasteiger partial charge on any atom is 0.230 e. The van der Waals surface area contributed by atoms with Crippen molar-refractivity contribution in [2.24, 2.45) is 5.92 Å². The van der Waals surface area contributed by atoms with Crippen LogP contribution >= 0.6 is 27.7 Å². The molecule has 0 bridgehead atoms. The molecule has 0 atom stereocenters. The summed E-state index contributed by atoms with van der Waals surface area (Å²) in [5, 5.41) is 11.6. The Morgan fingerprint density at radius 2 is 2.18 bits per heavy atom. The molecule has 0 aliphatic heterocycles. The van der Waals surface area contributed by atoms with Crippen LogP contribution in [0.3, 0.4) is 0 Å². The van der Waals surface area contributed by atoms with Gasteiger partial charge in [-0.3, -0.25) is 4.79 Å². The second-order valence-electron chi connectivity index (χ2n) is 5.19. The van der Waals surface area contributed by atoms with Gasteiger partial charge in [0.1, 0.15) is 0 Å². The van der Waals surface area contributed by atoms with E-state index in [4.69, 9.17) is 5.84 Å². The number of rotatable bonds is 6. The van der Waals surface area contributed by atoms with Gasteiger partial charge in [-0.15, -0.1) is 10.2 Å². The lowest BCUT2D eigenvalue weighted by Gasteiger charge is -2.05. The van der Waals surface area contributed by atoms with Crippen molar-refractivity contribution >= 4 is 33.6 Å². The normalized spacial score (nSPS) is 14.0. The molecule has 2 aromatic rings. The van der Waals surface area contributed by atoms with E-state index >= 15 is 0 Å². The van der Waals surface area contributed by atoms with Gasteiger partial charge in [0, 0.05) is 16.6 Å². The fraction of sp³-hybridized carbons (Fsp3) is 0.357. The average Bonchev–Trinajstić information content (AvgIpc) is 3.27. The smallest absolute Gasteiger partial charge is 0.230 e. The molecule has 1 fully saturated rings. The maximum absolute atomic E-state index is 11.8. The molecular formula is C14H16BrN5OS. The first kappa shape index (κ1) is 15.4. The second-order valence-corrected chi connectivity index (χ2v) is 6.99. The lowest BCUT2D eigenvalue weighted by Crippen LogP contribution is -2.27. The molecule has 1 heterocycles. The molecule has 1 amide bonds. The van der Waals surface area contributed by atoms with Crippen molar-refractivity contribution in [3.05, 3.63) is 28.7 Å². The van der Waals surface area contributed by atoms with E-state index < -0.39 is 0 Å². The van der Waals surface area contributed by atoms with Crippen molar-refractivity contribution in [2.45, 2.75) is 18.0 Å². The highest BCUT2D eigenvalue weighted by molar-refractivity contribution is 9.10. The lowest BCUT2D eigenvalue weighted by molar-refractivity contribution is -0.118. The molecule has 1 aliphatic rings. The zero-order valence-electron chi connectivity index (χ0n) is 11.8. The summed E-state index contributed by atoms with van der Waals surface area (Å²) in [7, 11) is 0. The molecule has 22 heavy (non-hydrogen) atoms. The summed E-state index contributed by atoms with van der Waals surface area (Å²) in [6.07, 6.45) is 2.44. The average molecular weight is 382 g/mol. The van der Waals surface area contributed by atoms with Gasteiger partial charge in [0.15, 0.2) is 5.82 Å². The number of hydrogen-bond acceptors (Lipinski definition) is 5. The third-order valence-corrected chi connectivity index (χ3v) is 5.03. The minimum absolute atomic E-state index is 0.00217. The van der Waals surface area contributed by atoms with Crippen LogP contribution in [0.4, 0.5) is 0 Å². The number of nitrogens with one attached hydrogen (secondary N) is 1. The van der Waals surface area contributed by atoms with Crippen LogP contribution in [0, 0.1) is 5.92 Å². The van der Waals surface area contributed by atoms with Gasteiger partial charge in [0.05, 0.1) is 5.75 Å². The van der Waals surface area contributed by atoms with Crippen LogP contribution < -0.4 is 11.2 Å². The van der Waals surface area contributed by atoms with Crippen LogP contribution in [-0.4, -0.2) is 33.1 Å². The number of nitrogens with two attached hydrogens (primary N) is 1. The zero-order valence-corrected chi connectivity index (χ0v) is 14.2. The van der Waals surface area contributed by atoms with Crippen LogP contribution in [0.2, 0.25) is 0 Å². The SMILES string of the molecule is Nn1c(SCC(=O)NCC2CC2)nnc1-c1ccccc1Br. The molecule has 8 heteroatoms. The predicted octanol–water partition coefficient (Wildman–Crippen LogP) is 2.04. The Labute approximate surface area is 141 Å². The maximum atomic E-state index is 11.8. The fourth-order valence-electron chi connectivity index (χ4n) is 1.96. The molecule has 0 radical (unpaired) electrons. The molecule has 116 valence electrons. The van der Waals surface area contributed by atoms with Crippen LogP contribution in [0.15, 0.2) is 33.9 Å². The number of nitrogens with zero attached hydrogens (tertiary/aromatic N) is 3. The topological polar surface area (TPSA) is 85.8 Å². The second kappa shape index (κ2) is 6.70. The molecule has 1 aromatic carbocycles. The van der Waals surface area contributed by atoms with Gasteiger partial charge < -0.3 is 11.2 Å². The van der Waals surface area contributed by atoms with E-state index in [1.807, 2.05) is 24.3 Å². The van der Waals surface area contributed by atoms with Gasteiger partial charge in [0.25, 0.3) is 0 Å². The van der Waals surface area contributed by atoms with Gasteiger partial charge in [-0.25, -0.2) is 4.68 Å². The Hall–Kier alpha value is -1.54. The largest absolute Gasteiger partial charge is 0.355 e. The summed E-state index contributed by atoms with van der Waals surface area (Å²) >= 11 is 4.76. The Morgan fingerprint density at radius 1 is 1.41 bits per heavy atom. The van der Waals surface area contributed by atoms with E-state index in [1.54, 1.807) is 0 Å². The van der Waals surface area contributed by atoms with Crippen LogP contribution in [0.25, 0.3) is 11.4 Å². The number of hydrogen-bond donors (Lipinski definition) is 2. The molecule has 1 saturated carbocycles. The van der Waals surface area contributed by atoms with Gasteiger partial charge >= 0.3 is 0 Å². The summed E-state index contributed by atoms with van der Waals surface area (Å²) in [4.78, 5) is 11.8. The summed E-state index contributed by atoms with van der Waals surface area (Å²) < 4.78 is 2.31. The van der Waals surface area contributed by atoms with Crippen LogP contribution in [-0.2, 0) is 4.79 Å². The third kappa shape index (κ3) is 3.61. The van der Waals surface area contributed by atoms with Crippen molar-refractivity contribution in [3.8, 4) is 11.4 Å². The highest BCUT2D eigenvalue weighted by atomic mass is 79.9. The van der Waals surface area contributed by atoms with Crippen molar-refractivity contribution in [3.63, 3.8) is 0 Å². The van der Waals surface area contributed by atoms with Crippen molar-refractivity contribution < 1.29 is 4.79 Å². The molecule has 0 spiro atoms. The van der Waals surface area contributed by atoms with Crippen molar-refractivity contribution in [1.82, 2.24) is 20.2 Å². The van der Waals surface area contributed by atoms with Crippen molar-refractivity contribution in [1.29, 1.82) is 0 Å². The van der Waals surface area contributed by atoms with Gasteiger partial charge in [-0.05, 0) is 30.9 Å². The first-order valence-corrected chi connectivity index (χ1v) is 8.78. The number of aromatic nitrogens is 3. The standard InChI is InChI=1S/C14H16BrN5OS/c15-11-4-2-1-3-10(11)13-18-19-14(20(13)16)22-8-12(21)17-7-9-5-6-9/h1-4,9H,5-8,16H2,(H,17,21). The number of carbonyl (C=O) groups is 1. The Balaban J connectivity index is 1.63. The first-order valence-electron chi connectivity index (χ1n) is 7.00. The number of benzene rings is 1. The Bertz CT molecular complexity index is 686. The summed E-state index contributed by atoms with van der Waals surface area (Å²) in [6.45, 7) is 0.775. The highest BCUT2D eigenvalue weighted by Crippen LogP contribution is 2.28. The first-order chi connectivity index (χ1) is 10.6. The van der Waals surface area contributed by atoms with Crippen LogP contribution in [0.5, 0.6) is 0 Å². The number of carbonyl (C=O) groups excluding carboxylic acids is 1. The quantitative estimate of drug-likeness (QED) is 0.590. The highest BCUT2D eigenvalue weighted by Gasteiger charge is 2.22. The number of thioether (sulfide) groups is 1. The summed E-state index contributed by atoms with van der Waals surface area (Å²) in [6, 6.07) is 7.66. The molecule has 0 unspecified atom stereocenters. The van der Waals surface area contributed by atoms with E-state index in [0.29, 0.717) is 16.9 Å². The zero-order chi connectivity index (χ0) is 15.5. The minimum Gasteiger partial charge on any atom is -0.355 e. The Kier molecular flexibility index (Phi) is 4.68. The van der Waals surface area contributed by atoms with E-state index in [-0.39, 0.29) is 11.7 Å². The Morgan fingerprint density at radius 3 is 2.91 bits per heavy atom. The molecule has 0 saturated heterocycles. The monoisotopic (exact) mass is 381 g/mol. The molecule has 1 aromatic heterocycles. The number of halogens is 1. The number of amides is 1. The van der Waals surface area contributed by atoms with E-state index in [2.05, 4.69) is 31.4 Å². The molecule has 3 rings (SSSR count). The third-order valence-electron chi connectivity index (χ3n) is 3.40. The van der Waals surface area contributed by atoms with E-state index in [0.717, 1.165) is 16.6 Å². The molecule has 1 aliphatic carbocycles. The van der Waals surface area contributed by atoms with E-state index in [1.165, 1.54) is 29.3 Å². The van der Waals surface area contributed by atoms with Gasteiger partial charge in [-0.2, -0.15) is 0 Å².